The molecule has 0 aromatic carbocycles. The fraction of sp³-hybridized carbons (Fsp3) is 0.545. The molecule has 0 radical (unpaired) electrons. The summed E-state index contributed by atoms with van der Waals surface area (Å²) in [5, 5.41) is 15.8. The highest BCUT2D eigenvalue weighted by molar-refractivity contribution is 5.96. The highest BCUT2D eigenvalue weighted by atomic mass is 16.5. The number of nitrogens with zero attached hydrogens (tertiary/aromatic N) is 2. The van der Waals surface area contributed by atoms with Crippen molar-refractivity contribution in [1.82, 2.24) is 15.1 Å². The Balaban J connectivity index is 2.14. The zero-order chi connectivity index (χ0) is 13.2. The van der Waals surface area contributed by atoms with E-state index in [-0.39, 0.29) is 18.5 Å². The summed E-state index contributed by atoms with van der Waals surface area (Å²) in [5.74, 6) is -1.50. The zero-order valence-corrected chi connectivity index (χ0v) is 10.0. The molecule has 0 spiro atoms. The van der Waals surface area contributed by atoms with Gasteiger partial charge in [-0.15, -0.1) is 0 Å². The van der Waals surface area contributed by atoms with E-state index in [0.717, 1.165) is 0 Å². The number of hydrogen-bond acceptors (Lipinski definition) is 4. The fourth-order valence-electron chi connectivity index (χ4n) is 1.93. The van der Waals surface area contributed by atoms with Gasteiger partial charge in [0, 0.05) is 39.3 Å². The summed E-state index contributed by atoms with van der Waals surface area (Å²) in [5.41, 5.74) is -1.03. The third kappa shape index (κ3) is 2.35. The van der Waals surface area contributed by atoms with E-state index in [9.17, 15) is 14.7 Å². The Morgan fingerprint density at radius 2 is 2.17 bits per heavy atom. The molecule has 1 aliphatic heterocycles. The molecule has 0 aliphatic carbocycles. The van der Waals surface area contributed by atoms with Crippen LogP contribution in [0.4, 0.5) is 0 Å². The molecule has 0 atom stereocenters. The second-order valence-electron chi connectivity index (χ2n) is 4.33. The van der Waals surface area contributed by atoms with Crippen LogP contribution in [-0.4, -0.2) is 45.5 Å². The van der Waals surface area contributed by atoms with Crippen molar-refractivity contribution in [2.24, 2.45) is 7.05 Å². The Kier molecular flexibility index (Phi) is 3.33. The van der Waals surface area contributed by atoms with E-state index in [0.29, 0.717) is 13.2 Å². The minimum Gasteiger partial charge on any atom is -0.480 e. The van der Waals surface area contributed by atoms with Crippen LogP contribution in [0.2, 0.25) is 0 Å². The van der Waals surface area contributed by atoms with Crippen LogP contribution in [0.1, 0.15) is 23.3 Å². The lowest BCUT2D eigenvalue weighted by Crippen LogP contribution is -2.57. The largest absolute Gasteiger partial charge is 0.480 e. The van der Waals surface area contributed by atoms with E-state index < -0.39 is 17.4 Å². The summed E-state index contributed by atoms with van der Waals surface area (Å²) in [4.78, 5) is 23.3. The molecule has 1 aliphatic rings. The number of carboxylic acids is 1. The molecule has 2 heterocycles. The van der Waals surface area contributed by atoms with Crippen LogP contribution in [0.25, 0.3) is 0 Å². The van der Waals surface area contributed by atoms with Crippen molar-refractivity contribution in [3.8, 4) is 0 Å². The van der Waals surface area contributed by atoms with Gasteiger partial charge in [-0.1, -0.05) is 0 Å². The first-order chi connectivity index (χ1) is 8.53. The van der Waals surface area contributed by atoms with Crippen LogP contribution in [-0.2, 0) is 16.6 Å². The lowest BCUT2D eigenvalue weighted by molar-refractivity contribution is -0.148. The third-order valence-electron chi connectivity index (χ3n) is 3.05. The molecule has 0 unspecified atom stereocenters. The molecule has 0 bridgehead atoms. The van der Waals surface area contributed by atoms with Crippen LogP contribution in [0.5, 0.6) is 0 Å². The molecule has 2 rings (SSSR count). The number of aryl methyl sites for hydroxylation is 1. The molecule has 1 aromatic heterocycles. The van der Waals surface area contributed by atoms with E-state index in [1.165, 1.54) is 4.68 Å². The maximum absolute atomic E-state index is 11.9. The van der Waals surface area contributed by atoms with E-state index in [4.69, 9.17) is 4.74 Å². The lowest BCUT2D eigenvalue weighted by Gasteiger charge is -2.33. The molecular weight excluding hydrogens is 238 g/mol. The second kappa shape index (κ2) is 4.77. The van der Waals surface area contributed by atoms with Gasteiger partial charge in [0.1, 0.15) is 11.2 Å². The predicted octanol–water partition coefficient (Wildman–Crippen LogP) is -0.216. The second-order valence-corrected chi connectivity index (χ2v) is 4.33. The summed E-state index contributed by atoms with van der Waals surface area (Å²) in [7, 11) is 1.69. The van der Waals surface area contributed by atoms with Crippen molar-refractivity contribution in [3.63, 3.8) is 0 Å². The van der Waals surface area contributed by atoms with Crippen molar-refractivity contribution in [2.75, 3.05) is 13.2 Å². The molecule has 1 aromatic rings. The number of carbonyl (C=O) groups is 2. The van der Waals surface area contributed by atoms with Gasteiger partial charge in [0.25, 0.3) is 5.91 Å². The average molecular weight is 253 g/mol. The fourth-order valence-corrected chi connectivity index (χ4v) is 1.93. The Morgan fingerprint density at radius 3 is 2.67 bits per heavy atom. The number of nitrogens with one attached hydrogen (secondary N) is 1. The zero-order valence-electron chi connectivity index (χ0n) is 10.0. The van der Waals surface area contributed by atoms with Gasteiger partial charge in [-0.2, -0.15) is 5.10 Å². The summed E-state index contributed by atoms with van der Waals surface area (Å²) in [6.07, 6.45) is 2.16. The summed E-state index contributed by atoms with van der Waals surface area (Å²) >= 11 is 0. The number of hydrogen-bond donors (Lipinski definition) is 2. The van der Waals surface area contributed by atoms with Gasteiger partial charge in [0.15, 0.2) is 0 Å². The van der Waals surface area contributed by atoms with E-state index >= 15 is 0 Å². The van der Waals surface area contributed by atoms with Gasteiger partial charge in [-0.3, -0.25) is 9.48 Å². The standard InChI is InChI=1S/C11H15N3O4/c1-14-5-2-8(13-14)9(15)12-11(10(16)17)3-6-18-7-4-11/h2,5H,3-4,6-7H2,1H3,(H,12,15)(H,16,17). The third-order valence-corrected chi connectivity index (χ3v) is 3.05. The van der Waals surface area contributed by atoms with Crippen LogP contribution in [0.15, 0.2) is 12.3 Å². The van der Waals surface area contributed by atoms with Crippen molar-refractivity contribution in [1.29, 1.82) is 0 Å². The molecule has 1 amide bonds. The van der Waals surface area contributed by atoms with E-state index in [1.807, 2.05) is 0 Å². The highest BCUT2D eigenvalue weighted by Crippen LogP contribution is 2.21. The number of aliphatic carboxylic acids is 1. The number of aromatic nitrogens is 2. The van der Waals surface area contributed by atoms with Gasteiger partial charge in [0.05, 0.1) is 0 Å². The Labute approximate surface area is 104 Å². The van der Waals surface area contributed by atoms with Crippen LogP contribution >= 0.6 is 0 Å². The first kappa shape index (κ1) is 12.6. The smallest absolute Gasteiger partial charge is 0.329 e. The van der Waals surface area contributed by atoms with Gasteiger partial charge < -0.3 is 15.2 Å². The highest BCUT2D eigenvalue weighted by Gasteiger charge is 2.42. The number of amides is 1. The number of ether oxygens (including phenoxy) is 1. The van der Waals surface area contributed by atoms with Gasteiger partial charge >= 0.3 is 5.97 Å². The molecule has 0 saturated carbocycles. The number of rotatable bonds is 3. The molecule has 7 nitrogen and oxygen atoms in total. The molecule has 1 saturated heterocycles. The minimum absolute atomic E-state index is 0.213. The monoisotopic (exact) mass is 253 g/mol. The van der Waals surface area contributed by atoms with E-state index in [2.05, 4.69) is 10.4 Å². The molecule has 98 valence electrons. The number of carboxylic acid groups (broad SMARTS) is 1. The predicted molar refractivity (Wildman–Crippen MR) is 61.1 cm³/mol. The van der Waals surface area contributed by atoms with Gasteiger partial charge in [-0.05, 0) is 6.07 Å². The Morgan fingerprint density at radius 1 is 1.50 bits per heavy atom. The van der Waals surface area contributed by atoms with Crippen molar-refractivity contribution in [3.05, 3.63) is 18.0 Å². The van der Waals surface area contributed by atoms with E-state index in [1.54, 1.807) is 19.3 Å². The SMILES string of the molecule is Cn1ccc(C(=O)NC2(C(=O)O)CCOCC2)n1. The quantitative estimate of drug-likeness (QED) is 0.777. The molecule has 2 N–H and O–H groups in total. The molecular formula is C11H15N3O4. The maximum atomic E-state index is 11.9. The summed E-state index contributed by atoms with van der Waals surface area (Å²) < 4.78 is 6.62. The lowest BCUT2D eigenvalue weighted by atomic mass is 9.90. The normalized spacial score (nSPS) is 18.3. The average Bonchev–Trinajstić information content (AvgIpc) is 2.77. The maximum Gasteiger partial charge on any atom is 0.329 e. The Bertz CT molecular complexity index is 463. The molecule has 18 heavy (non-hydrogen) atoms. The van der Waals surface area contributed by atoms with Crippen LogP contribution in [0.3, 0.4) is 0 Å². The topological polar surface area (TPSA) is 93.5 Å². The van der Waals surface area contributed by atoms with Gasteiger partial charge in [-0.25, -0.2) is 4.79 Å². The summed E-state index contributed by atoms with van der Waals surface area (Å²) in [6, 6.07) is 1.55. The van der Waals surface area contributed by atoms with Crippen LogP contribution < -0.4 is 5.32 Å². The van der Waals surface area contributed by atoms with Gasteiger partial charge in [0.2, 0.25) is 0 Å². The van der Waals surface area contributed by atoms with Crippen molar-refractivity contribution in [2.45, 2.75) is 18.4 Å². The molecule has 7 heteroatoms. The minimum atomic E-state index is -1.24. The molecule has 1 fully saturated rings. The summed E-state index contributed by atoms with van der Waals surface area (Å²) in [6.45, 7) is 0.656. The first-order valence-corrected chi connectivity index (χ1v) is 5.67. The van der Waals surface area contributed by atoms with Crippen molar-refractivity contribution >= 4 is 11.9 Å². The van der Waals surface area contributed by atoms with Crippen molar-refractivity contribution < 1.29 is 19.4 Å². The van der Waals surface area contributed by atoms with Crippen LogP contribution in [0, 0.1) is 0 Å². The first-order valence-electron chi connectivity index (χ1n) is 5.67. The number of carbonyl (C=O) groups excluding carboxylic acids is 1. The Hall–Kier alpha value is -1.89.